The third kappa shape index (κ3) is 6.45. The molecule has 1 saturated heterocycles. The number of ketones is 1. The van der Waals surface area contributed by atoms with Crippen molar-refractivity contribution >= 4 is 58.4 Å². The lowest BCUT2D eigenvalue weighted by Crippen LogP contribution is -2.31. The first kappa shape index (κ1) is 31.2. The lowest BCUT2D eigenvalue weighted by molar-refractivity contribution is -0.122. The summed E-state index contributed by atoms with van der Waals surface area (Å²) in [6.45, 7) is -0.546. The van der Waals surface area contributed by atoms with Crippen LogP contribution in [0.3, 0.4) is 0 Å². The number of rotatable bonds is 8. The lowest BCUT2D eigenvalue weighted by atomic mass is 9.73. The van der Waals surface area contributed by atoms with Crippen LogP contribution in [0.2, 0.25) is 10.0 Å². The van der Waals surface area contributed by atoms with Gasteiger partial charge in [0.15, 0.2) is 12.4 Å². The molecule has 1 aliphatic carbocycles. The molecular weight excluding hydrogens is 629 g/mol. The number of ether oxygens (including phenoxy) is 2. The van der Waals surface area contributed by atoms with Crippen molar-refractivity contribution in [1.29, 1.82) is 0 Å². The first-order valence-corrected chi connectivity index (χ1v) is 15.5. The van der Waals surface area contributed by atoms with Gasteiger partial charge in [0.2, 0.25) is 11.8 Å². The number of carbonyl (C=O) groups excluding carboxylic acids is 5. The summed E-state index contributed by atoms with van der Waals surface area (Å²) < 4.78 is 10.6. The third-order valence-electron chi connectivity index (χ3n) is 8.41. The molecule has 1 saturated carbocycles. The summed E-state index contributed by atoms with van der Waals surface area (Å²) in [7, 11) is 0. The Morgan fingerprint density at radius 1 is 0.739 bits per heavy atom. The SMILES string of the molecule is O=C(COC(=O)c1cccc(N2C(=O)[C@@H]3CC[C@@H](c4ccccc4)C[C@H]3C2=O)c1)c1ccc(OC(=O)c2ccc(Cl)cc2Cl)cc1. The predicted octanol–water partition coefficient (Wildman–Crippen LogP) is 7.33. The first-order chi connectivity index (χ1) is 22.2. The normalized spacial score (nSPS) is 19.0. The Morgan fingerprint density at radius 3 is 2.22 bits per heavy atom. The highest BCUT2D eigenvalue weighted by Crippen LogP contribution is 2.45. The van der Waals surface area contributed by atoms with Gasteiger partial charge < -0.3 is 9.47 Å². The van der Waals surface area contributed by atoms with Gasteiger partial charge in [-0.2, -0.15) is 0 Å². The lowest BCUT2D eigenvalue weighted by Gasteiger charge is -2.28. The second kappa shape index (κ2) is 13.3. The van der Waals surface area contributed by atoms with Crippen LogP contribution in [0.4, 0.5) is 5.69 Å². The number of halogens is 2. The molecule has 0 N–H and O–H groups in total. The molecule has 2 amide bonds. The minimum atomic E-state index is -0.777. The molecule has 8 nitrogen and oxygen atoms in total. The molecule has 6 rings (SSSR count). The molecular formula is C36H27Cl2NO7. The highest BCUT2D eigenvalue weighted by molar-refractivity contribution is 6.36. The Balaban J connectivity index is 1.06. The molecule has 2 fully saturated rings. The number of amides is 2. The number of nitrogens with zero attached hydrogens (tertiary/aromatic N) is 1. The van der Waals surface area contributed by atoms with Gasteiger partial charge in [-0.05, 0) is 91.4 Å². The van der Waals surface area contributed by atoms with Crippen LogP contribution in [0.1, 0.15) is 61.8 Å². The van der Waals surface area contributed by atoms with Crippen LogP contribution >= 0.6 is 23.2 Å². The van der Waals surface area contributed by atoms with Crippen LogP contribution in [0.25, 0.3) is 0 Å². The van der Waals surface area contributed by atoms with Crippen molar-refractivity contribution in [2.24, 2.45) is 11.8 Å². The zero-order chi connectivity index (χ0) is 32.4. The number of fused-ring (bicyclic) bond motifs is 1. The Hall–Kier alpha value is -4.79. The van der Waals surface area contributed by atoms with E-state index in [0.29, 0.717) is 23.6 Å². The van der Waals surface area contributed by atoms with E-state index in [9.17, 15) is 24.0 Å². The number of esters is 2. The molecule has 0 bridgehead atoms. The number of hydrogen-bond acceptors (Lipinski definition) is 7. The Morgan fingerprint density at radius 2 is 1.48 bits per heavy atom. The Kier molecular flexibility index (Phi) is 9.01. The number of imide groups is 1. The summed E-state index contributed by atoms with van der Waals surface area (Å²) in [6, 6.07) is 26.3. The van der Waals surface area contributed by atoms with Crippen LogP contribution in [0, 0.1) is 11.8 Å². The fourth-order valence-corrected chi connectivity index (χ4v) is 6.54. The van der Waals surface area contributed by atoms with E-state index in [4.69, 9.17) is 32.7 Å². The van der Waals surface area contributed by atoms with E-state index in [-0.39, 0.29) is 51.1 Å². The van der Waals surface area contributed by atoms with E-state index in [1.165, 1.54) is 59.5 Å². The topological polar surface area (TPSA) is 107 Å². The molecule has 4 aromatic rings. The minimum Gasteiger partial charge on any atom is -0.454 e. The monoisotopic (exact) mass is 655 g/mol. The molecule has 3 atom stereocenters. The summed E-state index contributed by atoms with van der Waals surface area (Å²) in [5, 5.41) is 0.523. The van der Waals surface area contributed by atoms with Crippen molar-refractivity contribution in [3.8, 4) is 5.75 Å². The van der Waals surface area contributed by atoms with Crippen molar-refractivity contribution in [1.82, 2.24) is 0 Å². The molecule has 46 heavy (non-hydrogen) atoms. The summed E-state index contributed by atoms with van der Waals surface area (Å²) in [4.78, 5) is 66.0. The maximum atomic E-state index is 13.5. The van der Waals surface area contributed by atoms with Crippen molar-refractivity contribution < 1.29 is 33.4 Å². The number of hydrogen-bond donors (Lipinski definition) is 0. The van der Waals surface area contributed by atoms with Gasteiger partial charge in [-0.25, -0.2) is 9.59 Å². The number of Topliss-reactive ketones (excluding diaryl/α,β-unsaturated/α-hetero) is 1. The van der Waals surface area contributed by atoms with Gasteiger partial charge in [-0.15, -0.1) is 0 Å². The smallest absolute Gasteiger partial charge is 0.345 e. The first-order valence-electron chi connectivity index (χ1n) is 14.7. The van der Waals surface area contributed by atoms with Crippen molar-refractivity contribution in [2.75, 3.05) is 11.5 Å². The Labute approximate surface area is 274 Å². The molecule has 1 aliphatic heterocycles. The highest BCUT2D eigenvalue weighted by Gasteiger charge is 2.50. The van der Waals surface area contributed by atoms with E-state index in [2.05, 4.69) is 12.1 Å². The summed E-state index contributed by atoms with van der Waals surface area (Å²) >= 11 is 11.9. The second-order valence-corrected chi connectivity index (χ2v) is 12.1. The third-order valence-corrected chi connectivity index (χ3v) is 8.96. The number of anilines is 1. The van der Waals surface area contributed by atoms with Crippen LogP contribution < -0.4 is 9.64 Å². The van der Waals surface area contributed by atoms with E-state index < -0.39 is 30.2 Å². The van der Waals surface area contributed by atoms with Crippen molar-refractivity contribution in [3.63, 3.8) is 0 Å². The summed E-state index contributed by atoms with van der Waals surface area (Å²) in [5.74, 6) is -2.87. The molecule has 232 valence electrons. The van der Waals surface area contributed by atoms with Crippen LogP contribution in [0.5, 0.6) is 5.75 Å². The molecule has 1 heterocycles. The fourth-order valence-electron chi connectivity index (χ4n) is 6.06. The van der Waals surface area contributed by atoms with Crippen molar-refractivity contribution in [3.05, 3.63) is 129 Å². The van der Waals surface area contributed by atoms with E-state index in [0.717, 1.165) is 12.0 Å². The number of carbonyl (C=O) groups is 5. The predicted molar refractivity (Wildman–Crippen MR) is 171 cm³/mol. The average Bonchev–Trinajstić information content (AvgIpc) is 3.32. The minimum absolute atomic E-state index is 0.103. The maximum Gasteiger partial charge on any atom is 0.345 e. The number of benzene rings is 4. The van der Waals surface area contributed by atoms with Crippen LogP contribution in [0.15, 0.2) is 97.1 Å². The van der Waals surface area contributed by atoms with E-state index in [1.807, 2.05) is 18.2 Å². The second-order valence-electron chi connectivity index (χ2n) is 11.2. The summed E-state index contributed by atoms with van der Waals surface area (Å²) in [6.07, 6.45) is 2.04. The van der Waals surface area contributed by atoms with Gasteiger partial charge >= 0.3 is 11.9 Å². The molecule has 0 unspecified atom stereocenters. The maximum absolute atomic E-state index is 13.5. The highest BCUT2D eigenvalue weighted by atomic mass is 35.5. The largest absolute Gasteiger partial charge is 0.454 e. The average molecular weight is 657 g/mol. The molecule has 2 aliphatic rings. The molecule has 0 radical (unpaired) electrons. The zero-order valence-corrected chi connectivity index (χ0v) is 25.9. The summed E-state index contributed by atoms with van der Waals surface area (Å²) in [5.41, 5.74) is 1.93. The van der Waals surface area contributed by atoms with Gasteiger partial charge in [-0.1, -0.05) is 59.6 Å². The van der Waals surface area contributed by atoms with Gasteiger partial charge in [0.1, 0.15) is 5.75 Å². The molecule has 0 spiro atoms. The van der Waals surface area contributed by atoms with Gasteiger partial charge in [0.05, 0.1) is 33.7 Å². The molecule has 10 heteroatoms. The van der Waals surface area contributed by atoms with E-state index >= 15 is 0 Å². The van der Waals surface area contributed by atoms with Crippen molar-refractivity contribution in [2.45, 2.75) is 25.2 Å². The molecule has 0 aromatic heterocycles. The van der Waals surface area contributed by atoms with Crippen LogP contribution in [-0.4, -0.2) is 36.1 Å². The van der Waals surface area contributed by atoms with Gasteiger partial charge in [0, 0.05) is 10.6 Å². The fraction of sp³-hybridized carbons (Fsp3) is 0.194. The zero-order valence-electron chi connectivity index (χ0n) is 24.4. The van der Waals surface area contributed by atoms with Crippen LogP contribution in [-0.2, 0) is 14.3 Å². The van der Waals surface area contributed by atoms with Gasteiger partial charge in [-0.3, -0.25) is 19.3 Å². The Bertz CT molecular complexity index is 1840. The quantitative estimate of drug-likeness (QED) is 0.0847. The standard InChI is InChI=1S/C36H27Cl2NO7/c37-25-12-16-29(31(38)19-25)36(44)46-27-13-9-22(10-14-27)32(40)20-45-35(43)24-7-4-8-26(17-24)39-33(41)28-15-11-23(18-30(28)34(39)42)21-5-2-1-3-6-21/h1-10,12-14,16-17,19,23,28,30H,11,15,18,20H2/t23-,28-,30-/m1/s1. The van der Waals surface area contributed by atoms with E-state index in [1.54, 1.807) is 12.1 Å². The molecule has 4 aromatic carbocycles. The van der Waals surface area contributed by atoms with Gasteiger partial charge in [0.25, 0.3) is 0 Å².